The minimum absolute atomic E-state index is 0.158. The van der Waals surface area contributed by atoms with Crippen LogP contribution in [0.1, 0.15) is 76.4 Å². The fraction of sp³-hybridized carbons (Fsp3) is 0.333. The van der Waals surface area contributed by atoms with Crippen molar-refractivity contribution in [2.24, 2.45) is 0 Å². The number of aromatic nitrogens is 2. The summed E-state index contributed by atoms with van der Waals surface area (Å²) in [5, 5.41) is 0.763. The van der Waals surface area contributed by atoms with Crippen LogP contribution >= 0.6 is 23.2 Å². The zero-order chi connectivity index (χ0) is 55.4. The Balaban J connectivity index is 0.000000208. The molecule has 0 aliphatic carbocycles. The van der Waals surface area contributed by atoms with E-state index in [0.717, 1.165) is 70.2 Å². The van der Waals surface area contributed by atoms with Gasteiger partial charge in [0.1, 0.15) is 0 Å². The Labute approximate surface area is 460 Å². The van der Waals surface area contributed by atoms with E-state index in [2.05, 4.69) is 48.3 Å². The van der Waals surface area contributed by atoms with Crippen LogP contribution in [0.4, 0.5) is 32.0 Å². The lowest BCUT2D eigenvalue weighted by Crippen LogP contribution is -2.44. The van der Waals surface area contributed by atoms with Gasteiger partial charge >= 0.3 is 12.4 Å². The first-order valence-corrected chi connectivity index (χ1v) is 26.2. The minimum Gasteiger partial charge on any atom is -0.378 e. The maximum absolute atomic E-state index is 14.0. The van der Waals surface area contributed by atoms with Gasteiger partial charge in [0.15, 0.2) is 11.6 Å². The predicted molar refractivity (Wildman–Crippen MR) is 291 cm³/mol. The van der Waals surface area contributed by atoms with E-state index in [-0.39, 0.29) is 48.6 Å². The molecule has 18 heteroatoms. The number of anilines is 1. The maximum Gasteiger partial charge on any atom is 0.416 e. The minimum atomic E-state index is -4.52. The van der Waals surface area contributed by atoms with Crippen LogP contribution in [-0.2, 0) is 43.0 Å². The second kappa shape index (κ2) is 26.4. The number of rotatable bonds is 11. The van der Waals surface area contributed by atoms with Crippen LogP contribution < -0.4 is 4.90 Å². The molecule has 3 aliphatic heterocycles. The van der Waals surface area contributed by atoms with Gasteiger partial charge in [0.05, 0.1) is 46.3 Å². The van der Waals surface area contributed by atoms with Gasteiger partial charge in [-0.3, -0.25) is 29.4 Å². The van der Waals surface area contributed by atoms with Crippen molar-refractivity contribution in [2.75, 3.05) is 97.7 Å². The third kappa shape index (κ3) is 16.2. The fourth-order valence-electron chi connectivity index (χ4n) is 9.13. The van der Waals surface area contributed by atoms with Crippen molar-refractivity contribution in [3.05, 3.63) is 193 Å². The highest BCUT2D eigenvalue weighted by Gasteiger charge is 2.36. The van der Waals surface area contributed by atoms with Gasteiger partial charge in [-0.15, -0.1) is 0 Å². The number of pyridine rings is 2. The van der Waals surface area contributed by atoms with Crippen LogP contribution in [0.25, 0.3) is 0 Å². The van der Waals surface area contributed by atoms with Crippen molar-refractivity contribution in [3.8, 4) is 23.7 Å². The molecule has 0 radical (unpaired) electrons. The average Bonchev–Trinajstić information content (AvgIpc) is 3.48. The number of carbonyl (C=O) groups excluding carboxylic acids is 2. The summed E-state index contributed by atoms with van der Waals surface area (Å²) in [6.45, 7) is 9.47. The molecule has 10 nitrogen and oxygen atoms in total. The molecular weight excluding hydrogens is 1050 g/mol. The number of carbonyl (C=O) groups is 2. The standard InChI is InChI=1S/C32H32ClF3N4O2.C28H25ClF3N3O/c1-38-8-10-39(11-9-38)22-27-5-2-23(17-29(27)32(34,35)36)18-31(41)26-6-7-30(33)25(19-26)4-3-24-16-28(21-37-20-24)40-12-14-42-15-13-40;1-34-11-13-35(14-12-34)19-24-7-5-21(15-25(24)28(30,31)32)16-27(36)23-8-9-26(29)22(17-23)6-4-20-3-2-10-33-18-20/h2,5-7,16-17,19-21H,8-15,18,22H2,1H3;2-3,5,7-10,15,17-18H,11-14,16,19H2,1H3. The molecule has 0 saturated carbocycles. The quantitative estimate of drug-likeness (QED) is 0.0711. The number of piperazine rings is 2. The number of likely N-dealkylation sites (N-methyl/N-ethyl adjacent to an activating group) is 2. The summed E-state index contributed by atoms with van der Waals surface area (Å²) in [7, 11) is 4.00. The molecule has 0 N–H and O–H groups in total. The Hall–Kier alpha value is -6.60. The molecule has 0 spiro atoms. The van der Waals surface area contributed by atoms with Gasteiger partial charge in [-0.1, -0.05) is 71.1 Å². The number of Topliss-reactive ketones (excluding diaryl/α,β-unsaturated/α-hetero) is 2. The second-order valence-corrected chi connectivity index (χ2v) is 20.3. The van der Waals surface area contributed by atoms with Crippen LogP contribution in [0.2, 0.25) is 10.0 Å². The first kappa shape index (κ1) is 57.6. The maximum atomic E-state index is 14.0. The van der Waals surface area contributed by atoms with E-state index in [9.17, 15) is 35.9 Å². The highest BCUT2D eigenvalue weighted by Crippen LogP contribution is 2.36. The number of hydrogen-bond acceptors (Lipinski definition) is 10. The van der Waals surface area contributed by atoms with E-state index in [1.54, 1.807) is 85.5 Å². The van der Waals surface area contributed by atoms with Crippen LogP contribution in [0.5, 0.6) is 0 Å². The SMILES string of the molecule is CN1CCN(Cc2ccc(CC(=O)c3ccc(Cl)c(C#Cc4cccnc4)c3)cc2C(F)(F)F)CC1.CN1CCN(Cc2ccc(CC(=O)c3ccc(Cl)c(C#Cc4cncc(N5CCOCC5)c4)c3)cc2C(F)(F)F)CC1. The molecular formula is C60H57Cl2F6N7O3. The molecule has 5 heterocycles. The number of benzene rings is 4. The topological polar surface area (TPSA) is 85.3 Å². The second-order valence-electron chi connectivity index (χ2n) is 19.5. The number of ether oxygens (including phenoxy) is 1. The lowest BCUT2D eigenvalue weighted by Gasteiger charge is -2.33. The smallest absolute Gasteiger partial charge is 0.378 e. The van der Waals surface area contributed by atoms with Crippen molar-refractivity contribution in [3.63, 3.8) is 0 Å². The van der Waals surface area contributed by atoms with E-state index in [1.165, 1.54) is 12.1 Å². The Kier molecular flexibility index (Phi) is 19.5. The predicted octanol–water partition coefficient (Wildman–Crippen LogP) is 10.5. The fourth-order valence-corrected chi connectivity index (χ4v) is 9.46. The van der Waals surface area contributed by atoms with E-state index >= 15 is 0 Å². The molecule has 2 aromatic heterocycles. The van der Waals surface area contributed by atoms with Gasteiger partial charge in [0.2, 0.25) is 0 Å². The average molecular weight is 1110 g/mol. The van der Waals surface area contributed by atoms with Crippen LogP contribution in [0, 0.1) is 23.7 Å². The third-order valence-corrected chi connectivity index (χ3v) is 14.3. The molecule has 0 unspecified atom stereocenters. The number of halogens is 8. The molecule has 3 fully saturated rings. The lowest BCUT2D eigenvalue weighted by molar-refractivity contribution is -0.139. The number of alkyl halides is 6. The van der Waals surface area contributed by atoms with Gasteiger partial charge in [0.25, 0.3) is 0 Å². The van der Waals surface area contributed by atoms with E-state index in [4.69, 9.17) is 27.9 Å². The molecule has 3 aliphatic rings. The zero-order valence-electron chi connectivity index (χ0n) is 43.2. The van der Waals surface area contributed by atoms with Crippen molar-refractivity contribution in [1.29, 1.82) is 0 Å². The molecule has 0 atom stereocenters. The molecule has 406 valence electrons. The Morgan fingerprint density at radius 2 is 1.03 bits per heavy atom. The summed E-state index contributed by atoms with van der Waals surface area (Å²) in [6.07, 6.45) is -2.65. The van der Waals surface area contributed by atoms with Gasteiger partial charge in [-0.05, 0) is 103 Å². The van der Waals surface area contributed by atoms with Gasteiger partial charge in [-0.2, -0.15) is 26.3 Å². The molecule has 0 amide bonds. The van der Waals surface area contributed by atoms with Crippen LogP contribution in [0.15, 0.2) is 116 Å². The summed E-state index contributed by atoms with van der Waals surface area (Å²) in [5.41, 5.74) is 3.62. The zero-order valence-corrected chi connectivity index (χ0v) is 44.7. The van der Waals surface area contributed by atoms with Gasteiger partial charge in [0, 0.05) is 143 Å². The molecule has 4 aromatic carbocycles. The number of ketones is 2. The van der Waals surface area contributed by atoms with E-state index < -0.39 is 23.5 Å². The van der Waals surface area contributed by atoms with Crippen molar-refractivity contribution in [1.82, 2.24) is 29.6 Å². The summed E-state index contributed by atoms with van der Waals surface area (Å²) >= 11 is 12.6. The molecule has 9 rings (SSSR count). The Bertz CT molecular complexity index is 3200. The highest BCUT2D eigenvalue weighted by atomic mass is 35.5. The first-order chi connectivity index (χ1) is 37.3. The first-order valence-electron chi connectivity index (χ1n) is 25.4. The summed E-state index contributed by atoms with van der Waals surface area (Å²) < 4.78 is 89.1. The Morgan fingerprint density at radius 1 is 0.551 bits per heavy atom. The van der Waals surface area contributed by atoms with Crippen molar-refractivity contribution in [2.45, 2.75) is 38.3 Å². The molecule has 6 aromatic rings. The molecule has 78 heavy (non-hydrogen) atoms. The summed E-state index contributed by atoms with van der Waals surface area (Å²) in [4.78, 5) is 44.9. The largest absolute Gasteiger partial charge is 0.416 e. The van der Waals surface area contributed by atoms with Gasteiger partial charge < -0.3 is 19.4 Å². The van der Waals surface area contributed by atoms with E-state index in [0.29, 0.717) is 80.9 Å². The van der Waals surface area contributed by atoms with Crippen molar-refractivity contribution < 1.29 is 40.7 Å². The number of hydrogen-bond donors (Lipinski definition) is 0. The van der Waals surface area contributed by atoms with E-state index in [1.807, 2.05) is 30.0 Å². The number of morpholine rings is 1. The summed E-state index contributed by atoms with van der Waals surface area (Å²) in [6, 6.07) is 23.4. The monoisotopic (exact) mass is 1110 g/mol. The van der Waals surface area contributed by atoms with Crippen LogP contribution in [-0.4, -0.2) is 134 Å². The normalized spacial score (nSPS) is 15.8. The van der Waals surface area contributed by atoms with Crippen molar-refractivity contribution >= 4 is 40.5 Å². The highest BCUT2D eigenvalue weighted by molar-refractivity contribution is 6.32. The molecule has 3 saturated heterocycles. The summed E-state index contributed by atoms with van der Waals surface area (Å²) in [5.74, 6) is 11.3. The lowest BCUT2D eigenvalue weighted by atomic mass is 9.97. The van der Waals surface area contributed by atoms with Crippen LogP contribution in [0.3, 0.4) is 0 Å². The van der Waals surface area contributed by atoms with Gasteiger partial charge in [-0.25, -0.2) is 0 Å². The Morgan fingerprint density at radius 3 is 1.49 bits per heavy atom. The third-order valence-electron chi connectivity index (χ3n) is 13.7. The number of nitrogens with zero attached hydrogens (tertiary/aromatic N) is 7. The molecule has 0 bridgehead atoms.